The van der Waals surface area contributed by atoms with Gasteiger partial charge in [0.25, 0.3) is 0 Å². The second-order valence-electron chi connectivity index (χ2n) is 7.44. The first-order valence-electron chi connectivity index (χ1n) is 11.3. The molecule has 1 aliphatic rings. The van der Waals surface area contributed by atoms with Gasteiger partial charge in [-0.15, -0.1) is 11.8 Å². The van der Waals surface area contributed by atoms with Gasteiger partial charge < -0.3 is 18.9 Å². The molecule has 1 unspecified atom stereocenters. The van der Waals surface area contributed by atoms with Gasteiger partial charge in [-0.05, 0) is 25.7 Å². The minimum Gasteiger partial charge on any atom is -0.448 e. The molecule has 1 rings (SSSR count). The monoisotopic (exact) mass is 418 g/mol. The number of carbonyl (C=O) groups excluding carboxylic acids is 1. The van der Waals surface area contributed by atoms with E-state index < -0.39 is 0 Å². The highest BCUT2D eigenvalue weighted by molar-refractivity contribution is 8.00. The number of ether oxygens (including phenoxy) is 4. The van der Waals surface area contributed by atoms with Crippen LogP contribution < -0.4 is 0 Å². The molecule has 166 valence electrons. The average Bonchev–Trinajstić information content (AvgIpc) is 3.00. The summed E-state index contributed by atoms with van der Waals surface area (Å²) >= 11 is 1.64. The fourth-order valence-corrected chi connectivity index (χ4v) is 4.44. The summed E-state index contributed by atoms with van der Waals surface area (Å²) in [4.78, 5) is 12.2. The maximum Gasteiger partial charge on any atom is 0.306 e. The van der Waals surface area contributed by atoms with Gasteiger partial charge in [-0.25, -0.2) is 0 Å². The van der Waals surface area contributed by atoms with E-state index in [1.54, 1.807) is 11.8 Å². The van der Waals surface area contributed by atoms with E-state index in [4.69, 9.17) is 18.9 Å². The fraction of sp³-hybridized carbons (Fsp3) is 0.955. The average molecular weight is 419 g/mol. The van der Waals surface area contributed by atoms with Crippen LogP contribution in [0, 0.1) is 0 Å². The number of esters is 1. The highest BCUT2D eigenvalue weighted by Gasteiger charge is 2.47. The molecular weight excluding hydrogens is 376 g/mol. The number of hydrogen-bond donors (Lipinski definition) is 0. The van der Waals surface area contributed by atoms with Crippen molar-refractivity contribution in [3.63, 3.8) is 0 Å². The normalized spacial score (nSPS) is 24.6. The van der Waals surface area contributed by atoms with E-state index in [9.17, 15) is 4.79 Å². The standard InChI is InChI=1S/C22H42O5S/c1-5-9-13-19(23)27-22-21(26-16-12-8-4)20(25-15-11-7-3)18(28-22)17-24-14-10-6-2/h18,20-22H,5-17H2,1-4H3/t18-,20-,21-,22?/m1/s1. The Morgan fingerprint density at radius 2 is 1.36 bits per heavy atom. The maximum absolute atomic E-state index is 12.2. The lowest BCUT2D eigenvalue weighted by molar-refractivity contribution is -0.156. The smallest absolute Gasteiger partial charge is 0.306 e. The van der Waals surface area contributed by atoms with Crippen LogP contribution in [0.5, 0.6) is 0 Å². The summed E-state index contributed by atoms with van der Waals surface area (Å²) in [5.41, 5.74) is -0.312. The Morgan fingerprint density at radius 1 is 0.786 bits per heavy atom. The zero-order valence-electron chi connectivity index (χ0n) is 18.5. The van der Waals surface area contributed by atoms with E-state index >= 15 is 0 Å². The molecule has 4 atom stereocenters. The molecule has 1 aliphatic heterocycles. The van der Waals surface area contributed by atoms with E-state index in [1.165, 1.54) is 0 Å². The molecule has 0 aromatic heterocycles. The van der Waals surface area contributed by atoms with Gasteiger partial charge in [0.15, 0.2) is 5.44 Å². The van der Waals surface area contributed by atoms with Gasteiger partial charge in [0.05, 0.1) is 11.9 Å². The molecule has 0 aromatic rings. The molecule has 0 amide bonds. The van der Waals surface area contributed by atoms with Crippen LogP contribution in [0.25, 0.3) is 0 Å². The molecule has 0 N–H and O–H groups in total. The van der Waals surface area contributed by atoms with Crippen molar-refractivity contribution in [2.45, 2.75) is 108 Å². The van der Waals surface area contributed by atoms with Crippen LogP contribution in [-0.2, 0) is 23.7 Å². The summed E-state index contributed by atoms with van der Waals surface area (Å²) in [6, 6.07) is 0. The summed E-state index contributed by atoms with van der Waals surface area (Å²) in [7, 11) is 0. The highest BCUT2D eigenvalue weighted by atomic mass is 32.2. The van der Waals surface area contributed by atoms with E-state index in [0.29, 0.717) is 26.2 Å². The van der Waals surface area contributed by atoms with Crippen LogP contribution in [0.3, 0.4) is 0 Å². The van der Waals surface area contributed by atoms with Crippen LogP contribution in [0.4, 0.5) is 0 Å². The largest absolute Gasteiger partial charge is 0.448 e. The van der Waals surface area contributed by atoms with Gasteiger partial charge in [-0.3, -0.25) is 4.79 Å². The van der Waals surface area contributed by atoms with Crippen molar-refractivity contribution in [3.05, 3.63) is 0 Å². The molecule has 1 heterocycles. The predicted octanol–water partition coefficient (Wildman–Crippen LogP) is 5.35. The van der Waals surface area contributed by atoms with Crippen LogP contribution in [0.2, 0.25) is 0 Å². The number of hydrogen-bond acceptors (Lipinski definition) is 6. The summed E-state index contributed by atoms with van der Waals surface area (Å²) in [6.45, 7) is 11.3. The molecule has 0 aromatic carbocycles. The Labute approximate surface area is 176 Å². The Bertz CT molecular complexity index is 393. The first-order valence-corrected chi connectivity index (χ1v) is 12.3. The van der Waals surface area contributed by atoms with Crippen LogP contribution in [0.15, 0.2) is 0 Å². The molecule has 0 bridgehead atoms. The van der Waals surface area contributed by atoms with Crippen molar-refractivity contribution in [1.29, 1.82) is 0 Å². The third kappa shape index (κ3) is 9.95. The van der Waals surface area contributed by atoms with E-state index in [1.807, 2.05) is 0 Å². The number of thioether (sulfide) groups is 1. The molecule has 0 radical (unpaired) electrons. The minimum absolute atomic E-state index is 0.0981. The van der Waals surface area contributed by atoms with Gasteiger partial charge in [-0.2, -0.15) is 0 Å². The third-order valence-electron chi connectivity index (χ3n) is 4.79. The zero-order valence-corrected chi connectivity index (χ0v) is 19.3. The summed E-state index contributed by atoms with van der Waals surface area (Å²) < 4.78 is 24.1. The lowest BCUT2D eigenvalue weighted by Crippen LogP contribution is -2.40. The van der Waals surface area contributed by atoms with Gasteiger partial charge >= 0.3 is 5.97 Å². The van der Waals surface area contributed by atoms with E-state index in [-0.39, 0.29) is 28.9 Å². The summed E-state index contributed by atoms with van der Waals surface area (Å²) in [5, 5.41) is 0.129. The second-order valence-corrected chi connectivity index (χ2v) is 8.79. The van der Waals surface area contributed by atoms with Gasteiger partial charge in [0.2, 0.25) is 0 Å². The van der Waals surface area contributed by atoms with Gasteiger partial charge in [-0.1, -0.05) is 53.4 Å². The van der Waals surface area contributed by atoms with E-state index in [2.05, 4.69) is 27.7 Å². The fourth-order valence-electron chi connectivity index (χ4n) is 2.98. The minimum atomic E-state index is -0.312. The van der Waals surface area contributed by atoms with Crippen LogP contribution in [0.1, 0.15) is 85.5 Å². The quantitative estimate of drug-likeness (QED) is 0.234. The molecule has 5 nitrogen and oxygen atoms in total. The Hall–Kier alpha value is -0.300. The van der Waals surface area contributed by atoms with Crippen molar-refractivity contribution in [3.8, 4) is 0 Å². The molecule has 1 saturated heterocycles. The molecule has 0 aliphatic carbocycles. The van der Waals surface area contributed by atoms with Crippen LogP contribution >= 0.6 is 11.8 Å². The highest BCUT2D eigenvalue weighted by Crippen LogP contribution is 2.39. The predicted molar refractivity (Wildman–Crippen MR) is 116 cm³/mol. The number of carbonyl (C=O) groups is 1. The second kappa shape index (κ2) is 16.5. The summed E-state index contributed by atoms with van der Waals surface area (Å²) in [5.74, 6) is -0.136. The van der Waals surface area contributed by atoms with Crippen LogP contribution in [-0.4, -0.2) is 55.3 Å². The molecule has 6 heteroatoms. The molecule has 28 heavy (non-hydrogen) atoms. The van der Waals surface area contributed by atoms with Crippen molar-refractivity contribution >= 4 is 17.7 Å². The Balaban J connectivity index is 2.76. The lowest BCUT2D eigenvalue weighted by Gasteiger charge is -2.26. The van der Waals surface area contributed by atoms with E-state index in [0.717, 1.165) is 58.0 Å². The maximum atomic E-state index is 12.2. The lowest BCUT2D eigenvalue weighted by atomic mass is 10.1. The molecule has 0 saturated carbocycles. The van der Waals surface area contributed by atoms with Crippen molar-refractivity contribution in [2.24, 2.45) is 0 Å². The Morgan fingerprint density at radius 3 is 1.96 bits per heavy atom. The van der Waals surface area contributed by atoms with Crippen molar-refractivity contribution in [1.82, 2.24) is 0 Å². The van der Waals surface area contributed by atoms with Crippen molar-refractivity contribution < 1.29 is 23.7 Å². The zero-order chi connectivity index (χ0) is 20.6. The molecular formula is C22H42O5S. The van der Waals surface area contributed by atoms with Crippen molar-refractivity contribution in [2.75, 3.05) is 26.4 Å². The third-order valence-corrected chi connectivity index (χ3v) is 6.18. The van der Waals surface area contributed by atoms with Gasteiger partial charge in [0.1, 0.15) is 12.2 Å². The number of rotatable bonds is 17. The Kier molecular flexibility index (Phi) is 15.2. The molecule has 0 spiro atoms. The first-order chi connectivity index (χ1) is 13.7. The summed E-state index contributed by atoms with van der Waals surface area (Å²) in [6.07, 6.45) is 8.35. The SMILES string of the molecule is CCCCOC[C@H]1SC(OC(=O)CCCC)[C@H](OCCCC)[C@@H]1OCCCC. The first kappa shape index (κ1) is 25.7. The topological polar surface area (TPSA) is 54.0 Å². The molecule has 1 fully saturated rings. The van der Waals surface area contributed by atoms with Gasteiger partial charge in [0, 0.05) is 26.2 Å². The number of unbranched alkanes of at least 4 members (excludes halogenated alkanes) is 4.